The largest absolute Gasteiger partial charge is 0.326 e. The fraction of sp³-hybridized carbons (Fsp3) is 0.211. The van der Waals surface area contributed by atoms with E-state index in [1.165, 1.54) is 6.92 Å². The van der Waals surface area contributed by atoms with Gasteiger partial charge in [0.05, 0.1) is 0 Å². The van der Waals surface area contributed by atoms with Crippen LogP contribution >= 0.6 is 0 Å². The van der Waals surface area contributed by atoms with E-state index in [2.05, 4.69) is 10.6 Å². The van der Waals surface area contributed by atoms with Gasteiger partial charge < -0.3 is 10.6 Å². The van der Waals surface area contributed by atoms with Gasteiger partial charge in [0, 0.05) is 28.9 Å². The second kappa shape index (κ2) is 8.06. The van der Waals surface area contributed by atoms with Crippen LogP contribution in [-0.2, 0) is 4.79 Å². The molecule has 0 fully saturated rings. The molecule has 0 aliphatic carbocycles. The number of carbonyl (C=O) groups excluding carboxylic acids is 3. The van der Waals surface area contributed by atoms with Crippen LogP contribution in [0, 0.1) is 0 Å². The smallest absolute Gasteiger partial charge is 0.255 e. The molecule has 0 aromatic heterocycles. The quantitative estimate of drug-likeness (QED) is 0.792. The molecule has 2 amide bonds. The van der Waals surface area contributed by atoms with E-state index in [4.69, 9.17) is 0 Å². The predicted molar refractivity (Wildman–Crippen MR) is 94.4 cm³/mol. The van der Waals surface area contributed by atoms with Gasteiger partial charge in [0.2, 0.25) is 5.91 Å². The maximum atomic E-state index is 12.2. The zero-order valence-electron chi connectivity index (χ0n) is 13.8. The van der Waals surface area contributed by atoms with E-state index in [1.807, 2.05) is 6.92 Å². The van der Waals surface area contributed by atoms with Crippen molar-refractivity contribution in [3.8, 4) is 0 Å². The van der Waals surface area contributed by atoms with Gasteiger partial charge in [-0.3, -0.25) is 14.4 Å². The number of anilines is 2. The molecule has 2 aromatic carbocycles. The Morgan fingerprint density at radius 1 is 0.875 bits per heavy atom. The molecule has 0 unspecified atom stereocenters. The minimum Gasteiger partial charge on any atom is -0.326 e. The highest BCUT2D eigenvalue weighted by atomic mass is 16.2. The lowest BCUT2D eigenvalue weighted by atomic mass is 10.1. The molecule has 0 saturated heterocycles. The molecule has 0 saturated carbocycles. The number of benzene rings is 2. The SMILES string of the molecule is CCCC(=O)Nc1ccc(C(=O)Nc2cccc(C(C)=O)c2)cc1. The highest BCUT2D eigenvalue weighted by molar-refractivity contribution is 6.05. The molecule has 0 radical (unpaired) electrons. The van der Waals surface area contributed by atoms with Gasteiger partial charge in [-0.2, -0.15) is 0 Å². The highest BCUT2D eigenvalue weighted by Crippen LogP contribution is 2.15. The monoisotopic (exact) mass is 324 g/mol. The Labute approximate surface area is 141 Å². The molecule has 24 heavy (non-hydrogen) atoms. The maximum absolute atomic E-state index is 12.2. The number of Topliss-reactive ketones (excluding diaryl/α,β-unsaturated/α-hetero) is 1. The third-order valence-corrected chi connectivity index (χ3v) is 3.43. The summed E-state index contributed by atoms with van der Waals surface area (Å²) in [5.74, 6) is -0.379. The molecule has 2 N–H and O–H groups in total. The molecular formula is C19H20N2O3. The Hall–Kier alpha value is -2.95. The van der Waals surface area contributed by atoms with Crippen molar-refractivity contribution < 1.29 is 14.4 Å². The summed E-state index contributed by atoms with van der Waals surface area (Å²) in [7, 11) is 0. The second-order valence-corrected chi connectivity index (χ2v) is 5.47. The fourth-order valence-corrected chi connectivity index (χ4v) is 2.17. The first-order chi connectivity index (χ1) is 11.5. The molecule has 0 aliphatic heterocycles. The molecule has 0 heterocycles. The van der Waals surface area contributed by atoms with Crippen LogP contribution in [0.25, 0.3) is 0 Å². The van der Waals surface area contributed by atoms with Crippen molar-refractivity contribution in [1.29, 1.82) is 0 Å². The van der Waals surface area contributed by atoms with E-state index < -0.39 is 0 Å². The van der Waals surface area contributed by atoms with E-state index in [0.29, 0.717) is 28.9 Å². The molecule has 5 nitrogen and oxygen atoms in total. The summed E-state index contributed by atoms with van der Waals surface area (Å²) in [6.07, 6.45) is 1.25. The molecule has 2 rings (SSSR count). The number of hydrogen-bond donors (Lipinski definition) is 2. The van der Waals surface area contributed by atoms with Crippen LogP contribution in [0.5, 0.6) is 0 Å². The van der Waals surface area contributed by atoms with Crippen molar-refractivity contribution in [1.82, 2.24) is 0 Å². The van der Waals surface area contributed by atoms with E-state index in [-0.39, 0.29) is 17.6 Å². The molecule has 2 aromatic rings. The summed E-state index contributed by atoms with van der Waals surface area (Å²) in [4.78, 5) is 35.2. The van der Waals surface area contributed by atoms with Crippen LogP contribution < -0.4 is 10.6 Å². The van der Waals surface area contributed by atoms with Gasteiger partial charge in [-0.1, -0.05) is 19.1 Å². The summed E-state index contributed by atoms with van der Waals surface area (Å²) < 4.78 is 0. The van der Waals surface area contributed by atoms with Crippen LogP contribution in [0.1, 0.15) is 47.4 Å². The Morgan fingerprint density at radius 2 is 1.58 bits per heavy atom. The summed E-state index contributed by atoms with van der Waals surface area (Å²) in [5, 5.41) is 5.53. The van der Waals surface area contributed by atoms with Gasteiger partial charge in [0.15, 0.2) is 5.78 Å². The number of amides is 2. The third kappa shape index (κ3) is 4.78. The molecule has 0 atom stereocenters. The van der Waals surface area contributed by atoms with Gasteiger partial charge in [-0.15, -0.1) is 0 Å². The van der Waals surface area contributed by atoms with Crippen LogP contribution in [0.4, 0.5) is 11.4 Å². The first-order valence-corrected chi connectivity index (χ1v) is 7.82. The minimum atomic E-state index is -0.276. The second-order valence-electron chi connectivity index (χ2n) is 5.47. The van der Waals surface area contributed by atoms with Crippen LogP contribution in [-0.4, -0.2) is 17.6 Å². The van der Waals surface area contributed by atoms with Crippen molar-refractivity contribution in [3.63, 3.8) is 0 Å². The maximum Gasteiger partial charge on any atom is 0.255 e. The van der Waals surface area contributed by atoms with E-state index in [0.717, 1.165) is 6.42 Å². The lowest BCUT2D eigenvalue weighted by Crippen LogP contribution is -2.13. The highest BCUT2D eigenvalue weighted by Gasteiger charge is 2.08. The Kier molecular flexibility index (Phi) is 5.84. The minimum absolute atomic E-state index is 0.0456. The average Bonchev–Trinajstić information content (AvgIpc) is 2.56. The number of carbonyl (C=O) groups is 3. The van der Waals surface area contributed by atoms with Crippen LogP contribution in [0.15, 0.2) is 48.5 Å². The molecule has 0 bridgehead atoms. The first-order valence-electron chi connectivity index (χ1n) is 7.82. The summed E-state index contributed by atoms with van der Waals surface area (Å²) >= 11 is 0. The predicted octanol–water partition coefficient (Wildman–Crippen LogP) is 3.88. The van der Waals surface area contributed by atoms with E-state index in [9.17, 15) is 14.4 Å². The Morgan fingerprint density at radius 3 is 2.21 bits per heavy atom. The van der Waals surface area contributed by atoms with E-state index >= 15 is 0 Å². The average molecular weight is 324 g/mol. The standard InChI is InChI=1S/C19H20N2O3/c1-3-5-18(23)20-16-10-8-14(9-11-16)19(24)21-17-7-4-6-15(12-17)13(2)22/h4,6-12H,3,5H2,1-2H3,(H,20,23)(H,21,24). The van der Waals surface area contributed by atoms with Gasteiger partial charge in [-0.05, 0) is 49.7 Å². The number of ketones is 1. The zero-order chi connectivity index (χ0) is 17.5. The molecule has 0 aliphatic rings. The number of hydrogen-bond acceptors (Lipinski definition) is 3. The molecule has 5 heteroatoms. The van der Waals surface area contributed by atoms with Crippen molar-refractivity contribution >= 4 is 29.0 Å². The topological polar surface area (TPSA) is 75.3 Å². The van der Waals surface area contributed by atoms with Crippen molar-refractivity contribution in [2.75, 3.05) is 10.6 Å². The number of rotatable bonds is 6. The summed E-state index contributed by atoms with van der Waals surface area (Å²) in [5.41, 5.74) is 2.23. The summed E-state index contributed by atoms with van der Waals surface area (Å²) in [6, 6.07) is 13.5. The fourth-order valence-electron chi connectivity index (χ4n) is 2.17. The molecule has 124 valence electrons. The zero-order valence-corrected chi connectivity index (χ0v) is 13.8. The van der Waals surface area contributed by atoms with Gasteiger partial charge >= 0.3 is 0 Å². The van der Waals surface area contributed by atoms with Gasteiger partial charge in [-0.25, -0.2) is 0 Å². The molecular weight excluding hydrogens is 304 g/mol. The van der Waals surface area contributed by atoms with Gasteiger partial charge in [0.25, 0.3) is 5.91 Å². The van der Waals surface area contributed by atoms with E-state index in [1.54, 1.807) is 48.5 Å². The van der Waals surface area contributed by atoms with Crippen LogP contribution in [0.3, 0.4) is 0 Å². The Bertz CT molecular complexity index is 751. The lowest BCUT2D eigenvalue weighted by Gasteiger charge is -2.08. The Balaban J connectivity index is 2.03. The molecule has 0 spiro atoms. The van der Waals surface area contributed by atoms with Crippen molar-refractivity contribution in [3.05, 3.63) is 59.7 Å². The van der Waals surface area contributed by atoms with Crippen molar-refractivity contribution in [2.45, 2.75) is 26.7 Å². The normalized spacial score (nSPS) is 10.1. The van der Waals surface area contributed by atoms with Crippen LogP contribution in [0.2, 0.25) is 0 Å². The lowest BCUT2D eigenvalue weighted by molar-refractivity contribution is -0.116. The number of nitrogens with one attached hydrogen (secondary N) is 2. The van der Waals surface area contributed by atoms with Crippen molar-refractivity contribution in [2.24, 2.45) is 0 Å². The summed E-state index contributed by atoms with van der Waals surface area (Å²) in [6.45, 7) is 3.42. The first kappa shape index (κ1) is 17.4. The third-order valence-electron chi connectivity index (χ3n) is 3.43. The van der Waals surface area contributed by atoms with Gasteiger partial charge in [0.1, 0.15) is 0 Å².